The first-order valence-corrected chi connectivity index (χ1v) is 5.84. The summed E-state index contributed by atoms with van der Waals surface area (Å²) in [5, 5.41) is 7.27. The van der Waals surface area contributed by atoms with Crippen LogP contribution >= 0.6 is 0 Å². The molecule has 0 atom stereocenters. The predicted octanol–water partition coefficient (Wildman–Crippen LogP) is 2.47. The van der Waals surface area contributed by atoms with Crippen LogP contribution in [0.4, 0.5) is 8.78 Å². The van der Waals surface area contributed by atoms with E-state index in [-0.39, 0.29) is 0 Å². The topological polar surface area (TPSA) is 29.9 Å². The quantitative estimate of drug-likeness (QED) is 0.884. The van der Waals surface area contributed by atoms with Crippen LogP contribution in [-0.2, 0) is 19.6 Å². The van der Waals surface area contributed by atoms with Crippen LogP contribution in [0.2, 0.25) is 0 Å². The Labute approximate surface area is 104 Å². The van der Waals surface area contributed by atoms with Gasteiger partial charge in [-0.3, -0.25) is 4.68 Å². The zero-order valence-corrected chi connectivity index (χ0v) is 10.2. The molecule has 5 heteroatoms. The standard InChI is InChI=1S/C13H15F2N3/c1-2-18-9-11(8-17-18)7-16-6-10-3-12(14)5-13(15)4-10/h3-5,8-9,16H,2,6-7H2,1H3. The molecule has 18 heavy (non-hydrogen) atoms. The van der Waals surface area contributed by atoms with Gasteiger partial charge in [-0.2, -0.15) is 5.10 Å². The molecule has 0 spiro atoms. The van der Waals surface area contributed by atoms with Crippen LogP contribution < -0.4 is 5.32 Å². The molecular formula is C13H15F2N3. The number of benzene rings is 1. The highest BCUT2D eigenvalue weighted by Crippen LogP contribution is 2.08. The molecule has 2 rings (SSSR count). The van der Waals surface area contributed by atoms with E-state index in [1.54, 1.807) is 6.20 Å². The van der Waals surface area contributed by atoms with Gasteiger partial charge in [0.15, 0.2) is 0 Å². The maximum Gasteiger partial charge on any atom is 0.126 e. The van der Waals surface area contributed by atoms with Crippen LogP contribution in [0.1, 0.15) is 18.1 Å². The van der Waals surface area contributed by atoms with Gasteiger partial charge < -0.3 is 5.32 Å². The minimum atomic E-state index is -0.550. The number of rotatable bonds is 5. The molecule has 2 aromatic rings. The van der Waals surface area contributed by atoms with E-state index in [1.807, 2.05) is 17.8 Å². The van der Waals surface area contributed by atoms with E-state index < -0.39 is 11.6 Å². The molecule has 3 nitrogen and oxygen atoms in total. The molecule has 1 aromatic carbocycles. The van der Waals surface area contributed by atoms with Gasteiger partial charge in [-0.25, -0.2) is 8.78 Å². The molecule has 1 aromatic heterocycles. The lowest BCUT2D eigenvalue weighted by atomic mass is 10.2. The number of hydrogen-bond donors (Lipinski definition) is 1. The minimum Gasteiger partial charge on any atom is -0.308 e. The van der Waals surface area contributed by atoms with Gasteiger partial charge in [0.1, 0.15) is 11.6 Å². The fourth-order valence-electron chi connectivity index (χ4n) is 1.73. The highest BCUT2D eigenvalue weighted by molar-refractivity contribution is 5.17. The van der Waals surface area contributed by atoms with Crippen molar-refractivity contribution in [1.82, 2.24) is 15.1 Å². The van der Waals surface area contributed by atoms with Crippen LogP contribution in [0.5, 0.6) is 0 Å². The molecule has 0 amide bonds. The number of nitrogens with zero attached hydrogens (tertiary/aromatic N) is 2. The van der Waals surface area contributed by atoms with Crippen molar-refractivity contribution in [3.05, 3.63) is 53.4 Å². The molecule has 96 valence electrons. The highest BCUT2D eigenvalue weighted by Gasteiger charge is 2.01. The van der Waals surface area contributed by atoms with Crippen molar-refractivity contribution in [3.8, 4) is 0 Å². The molecule has 0 bridgehead atoms. The molecular weight excluding hydrogens is 236 g/mol. The second-order valence-electron chi connectivity index (χ2n) is 4.09. The van der Waals surface area contributed by atoms with Crippen molar-refractivity contribution >= 4 is 0 Å². The molecule has 0 aliphatic heterocycles. The Morgan fingerprint density at radius 3 is 2.39 bits per heavy atom. The lowest BCUT2D eigenvalue weighted by Gasteiger charge is -2.04. The van der Waals surface area contributed by atoms with Crippen molar-refractivity contribution in [1.29, 1.82) is 0 Å². The molecule has 0 fully saturated rings. The van der Waals surface area contributed by atoms with E-state index in [0.717, 1.165) is 18.2 Å². The van der Waals surface area contributed by atoms with Crippen LogP contribution in [-0.4, -0.2) is 9.78 Å². The molecule has 0 saturated heterocycles. The van der Waals surface area contributed by atoms with Gasteiger partial charge in [0.2, 0.25) is 0 Å². The Hall–Kier alpha value is -1.75. The molecule has 0 saturated carbocycles. The van der Waals surface area contributed by atoms with Crippen molar-refractivity contribution in [2.75, 3.05) is 0 Å². The summed E-state index contributed by atoms with van der Waals surface area (Å²) in [5.74, 6) is -1.10. The summed E-state index contributed by atoms with van der Waals surface area (Å²) >= 11 is 0. The molecule has 0 aliphatic rings. The fraction of sp³-hybridized carbons (Fsp3) is 0.308. The second-order valence-corrected chi connectivity index (χ2v) is 4.09. The Balaban J connectivity index is 1.88. The number of aromatic nitrogens is 2. The second kappa shape index (κ2) is 5.73. The van der Waals surface area contributed by atoms with Gasteiger partial charge in [0, 0.05) is 37.5 Å². The zero-order chi connectivity index (χ0) is 13.0. The van der Waals surface area contributed by atoms with Gasteiger partial charge >= 0.3 is 0 Å². The van der Waals surface area contributed by atoms with Crippen molar-refractivity contribution < 1.29 is 8.78 Å². The van der Waals surface area contributed by atoms with E-state index in [9.17, 15) is 8.78 Å². The Bertz CT molecular complexity index is 502. The summed E-state index contributed by atoms with van der Waals surface area (Å²) in [7, 11) is 0. The van der Waals surface area contributed by atoms with E-state index in [2.05, 4.69) is 10.4 Å². The van der Waals surface area contributed by atoms with Crippen LogP contribution in [0.3, 0.4) is 0 Å². The van der Waals surface area contributed by atoms with E-state index >= 15 is 0 Å². The first-order chi connectivity index (χ1) is 8.67. The van der Waals surface area contributed by atoms with Gasteiger partial charge in [-0.15, -0.1) is 0 Å². The molecule has 1 N–H and O–H groups in total. The molecule has 0 unspecified atom stereocenters. The van der Waals surface area contributed by atoms with Crippen LogP contribution in [0.15, 0.2) is 30.6 Å². The third kappa shape index (κ3) is 3.37. The highest BCUT2D eigenvalue weighted by atomic mass is 19.1. The molecule has 0 aliphatic carbocycles. The molecule has 1 heterocycles. The Kier molecular flexibility index (Phi) is 4.04. The third-order valence-electron chi connectivity index (χ3n) is 2.59. The normalized spacial score (nSPS) is 10.8. The average Bonchev–Trinajstić information content (AvgIpc) is 2.76. The summed E-state index contributed by atoms with van der Waals surface area (Å²) in [6, 6.07) is 3.52. The van der Waals surface area contributed by atoms with Crippen molar-refractivity contribution in [2.24, 2.45) is 0 Å². The summed E-state index contributed by atoms with van der Waals surface area (Å²) in [6.45, 7) is 3.89. The number of hydrogen-bond acceptors (Lipinski definition) is 2. The first kappa shape index (κ1) is 12.7. The van der Waals surface area contributed by atoms with Gasteiger partial charge in [0.05, 0.1) is 6.20 Å². The van der Waals surface area contributed by atoms with Gasteiger partial charge in [-0.1, -0.05) is 0 Å². The molecule has 0 radical (unpaired) electrons. The Morgan fingerprint density at radius 1 is 1.11 bits per heavy atom. The fourth-order valence-corrected chi connectivity index (χ4v) is 1.73. The van der Waals surface area contributed by atoms with E-state index in [4.69, 9.17) is 0 Å². The monoisotopic (exact) mass is 251 g/mol. The van der Waals surface area contributed by atoms with Gasteiger partial charge in [0.25, 0.3) is 0 Å². The summed E-state index contributed by atoms with van der Waals surface area (Å²) in [4.78, 5) is 0. The number of aryl methyl sites for hydroxylation is 1. The predicted molar refractivity (Wildman–Crippen MR) is 64.8 cm³/mol. The smallest absolute Gasteiger partial charge is 0.126 e. The maximum atomic E-state index is 12.9. The number of nitrogens with one attached hydrogen (secondary N) is 1. The SMILES string of the molecule is CCn1cc(CNCc2cc(F)cc(F)c2)cn1. The van der Waals surface area contributed by atoms with Crippen LogP contribution in [0, 0.1) is 11.6 Å². The lowest BCUT2D eigenvalue weighted by molar-refractivity contribution is 0.575. The maximum absolute atomic E-state index is 12.9. The summed E-state index contributed by atoms with van der Waals surface area (Å²) in [5.41, 5.74) is 1.64. The van der Waals surface area contributed by atoms with Crippen molar-refractivity contribution in [2.45, 2.75) is 26.6 Å². The Morgan fingerprint density at radius 2 is 1.78 bits per heavy atom. The zero-order valence-electron chi connectivity index (χ0n) is 10.2. The van der Waals surface area contributed by atoms with E-state index in [1.165, 1.54) is 12.1 Å². The first-order valence-electron chi connectivity index (χ1n) is 5.84. The minimum absolute atomic E-state index is 0.423. The summed E-state index contributed by atoms with van der Waals surface area (Å²) < 4.78 is 27.7. The third-order valence-corrected chi connectivity index (χ3v) is 2.59. The lowest BCUT2D eigenvalue weighted by Crippen LogP contribution is -2.12. The average molecular weight is 251 g/mol. The van der Waals surface area contributed by atoms with E-state index in [0.29, 0.717) is 18.7 Å². The van der Waals surface area contributed by atoms with Gasteiger partial charge in [-0.05, 0) is 24.6 Å². The van der Waals surface area contributed by atoms with Crippen molar-refractivity contribution in [3.63, 3.8) is 0 Å². The number of halogens is 2. The largest absolute Gasteiger partial charge is 0.308 e. The van der Waals surface area contributed by atoms with Crippen LogP contribution in [0.25, 0.3) is 0 Å². The summed E-state index contributed by atoms with van der Waals surface area (Å²) in [6.07, 6.45) is 3.72.